The van der Waals surface area contributed by atoms with Gasteiger partial charge in [-0.3, -0.25) is 4.98 Å². The van der Waals surface area contributed by atoms with Crippen molar-refractivity contribution in [2.75, 3.05) is 0 Å². The Labute approximate surface area is 128 Å². The first-order chi connectivity index (χ1) is 9.81. The molecule has 0 aliphatic carbocycles. The molecule has 0 unspecified atom stereocenters. The summed E-state index contributed by atoms with van der Waals surface area (Å²) in [6.07, 6.45) is 1.46. The zero-order valence-electron chi connectivity index (χ0n) is 10.2. The number of carboxylic acid groups (broad SMARTS) is 1. The second-order valence-electron chi connectivity index (χ2n) is 3.86. The van der Waals surface area contributed by atoms with Gasteiger partial charge in [0, 0.05) is 22.6 Å². The van der Waals surface area contributed by atoms with Crippen LogP contribution in [0.15, 0.2) is 28.7 Å². The molecule has 0 amide bonds. The van der Waals surface area contributed by atoms with Gasteiger partial charge in [0.25, 0.3) is 0 Å². The van der Waals surface area contributed by atoms with Crippen LogP contribution in [0.2, 0.25) is 5.02 Å². The highest BCUT2D eigenvalue weighted by Gasteiger charge is 2.25. The van der Waals surface area contributed by atoms with E-state index in [4.69, 9.17) is 16.7 Å². The van der Waals surface area contributed by atoms with Crippen LogP contribution in [-0.2, 0) is 16.6 Å². The van der Waals surface area contributed by atoms with Gasteiger partial charge in [0.15, 0.2) is 5.82 Å². The van der Waals surface area contributed by atoms with E-state index in [0.29, 0.717) is 4.88 Å². The largest absolute Gasteiger partial charge is 0.478 e. The summed E-state index contributed by atoms with van der Waals surface area (Å²) >= 11 is 6.86. The Kier molecular flexibility index (Phi) is 4.57. The molecule has 21 heavy (non-hydrogen) atoms. The van der Waals surface area contributed by atoms with E-state index in [9.17, 15) is 17.6 Å². The van der Waals surface area contributed by atoms with Crippen LogP contribution in [0.5, 0.6) is 0 Å². The summed E-state index contributed by atoms with van der Waals surface area (Å²) < 4.78 is 40.3. The predicted octanol–water partition coefficient (Wildman–Crippen LogP) is 2.11. The van der Waals surface area contributed by atoms with Crippen LogP contribution >= 0.6 is 22.9 Å². The van der Waals surface area contributed by atoms with E-state index in [1.807, 2.05) is 0 Å². The molecule has 1 heterocycles. The first kappa shape index (κ1) is 15.8. The second kappa shape index (κ2) is 6.06. The number of benzene rings is 1. The molecule has 1 aromatic heterocycles. The molecule has 112 valence electrons. The molecule has 2 N–H and O–H groups in total. The quantitative estimate of drug-likeness (QED) is 0.861. The SMILES string of the molecule is O=C(O)c1cc(Cl)cc(S(=O)(=O)NCc2cncs2)c1F. The van der Waals surface area contributed by atoms with E-state index >= 15 is 0 Å². The summed E-state index contributed by atoms with van der Waals surface area (Å²) in [5, 5.41) is 8.65. The number of rotatable bonds is 5. The number of nitrogens with one attached hydrogen (secondary N) is 1. The van der Waals surface area contributed by atoms with Gasteiger partial charge >= 0.3 is 5.97 Å². The fourth-order valence-corrected chi connectivity index (χ4v) is 3.53. The minimum absolute atomic E-state index is 0.0820. The van der Waals surface area contributed by atoms with E-state index in [0.717, 1.165) is 12.1 Å². The molecule has 0 bridgehead atoms. The van der Waals surface area contributed by atoms with Crippen molar-refractivity contribution < 1.29 is 22.7 Å². The minimum Gasteiger partial charge on any atom is -0.478 e. The van der Waals surface area contributed by atoms with Crippen LogP contribution in [0.25, 0.3) is 0 Å². The summed E-state index contributed by atoms with van der Waals surface area (Å²) in [4.78, 5) is 14.5. The lowest BCUT2D eigenvalue weighted by atomic mass is 10.2. The topological polar surface area (TPSA) is 96.4 Å². The van der Waals surface area contributed by atoms with Gasteiger partial charge in [0.1, 0.15) is 4.90 Å². The van der Waals surface area contributed by atoms with Gasteiger partial charge < -0.3 is 5.11 Å². The van der Waals surface area contributed by atoms with E-state index in [1.165, 1.54) is 23.0 Å². The Balaban J connectivity index is 2.37. The average Bonchev–Trinajstić information content (AvgIpc) is 2.91. The van der Waals surface area contributed by atoms with Crippen molar-refractivity contribution in [1.29, 1.82) is 0 Å². The van der Waals surface area contributed by atoms with Crippen LogP contribution < -0.4 is 4.72 Å². The summed E-state index contributed by atoms with van der Waals surface area (Å²) in [7, 11) is -4.24. The van der Waals surface area contributed by atoms with Gasteiger partial charge in [0.05, 0.1) is 11.1 Å². The zero-order chi connectivity index (χ0) is 15.6. The predicted molar refractivity (Wildman–Crippen MR) is 74.5 cm³/mol. The van der Waals surface area contributed by atoms with Gasteiger partial charge in [-0.15, -0.1) is 11.3 Å². The Hall–Kier alpha value is -1.55. The fraction of sp³-hybridized carbons (Fsp3) is 0.0909. The molecule has 0 fully saturated rings. The molecule has 6 nitrogen and oxygen atoms in total. The molecule has 0 aliphatic rings. The summed E-state index contributed by atoms with van der Waals surface area (Å²) in [6.45, 7) is -0.0820. The van der Waals surface area contributed by atoms with Crippen molar-refractivity contribution in [3.05, 3.63) is 45.1 Å². The van der Waals surface area contributed by atoms with E-state index in [2.05, 4.69) is 9.71 Å². The Morgan fingerprint density at radius 3 is 2.76 bits per heavy atom. The van der Waals surface area contributed by atoms with Crippen LogP contribution in [0, 0.1) is 5.82 Å². The molecular weight excluding hydrogens is 343 g/mol. The van der Waals surface area contributed by atoms with Crippen molar-refractivity contribution in [3.8, 4) is 0 Å². The second-order valence-corrected chi connectivity index (χ2v) is 7.01. The molecule has 0 atom stereocenters. The van der Waals surface area contributed by atoms with Crippen LogP contribution in [0.4, 0.5) is 4.39 Å². The third-order valence-electron chi connectivity index (χ3n) is 2.44. The lowest BCUT2D eigenvalue weighted by Gasteiger charge is -2.09. The molecule has 0 radical (unpaired) electrons. The highest BCUT2D eigenvalue weighted by Crippen LogP contribution is 2.24. The zero-order valence-corrected chi connectivity index (χ0v) is 12.6. The number of sulfonamides is 1. The summed E-state index contributed by atoms with van der Waals surface area (Å²) in [5.74, 6) is -2.96. The lowest BCUT2D eigenvalue weighted by molar-refractivity contribution is 0.0691. The van der Waals surface area contributed by atoms with Gasteiger partial charge in [-0.1, -0.05) is 11.6 Å². The highest BCUT2D eigenvalue weighted by atomic mass is 35.5. The number of carboxylic acids is 1. The van der Waals surface area contributed by atoms with E-state index < -0.39 is 32.3 Å². The van der Waals surface area contributed by atoms with Crippen LogP contribution in [0.3, 0.4) is 0 Å². The number of nitrogens with zero attached hydrogens (tertiary/aromatic N) is 1. The van der Waals surface area contributed by atoms with Crippen LogP contribution in [-0.4, -0.2) is 24.5 Å². The fourth-order valence-electron chi connectivity index (χ4n) is 1.49. The molecular formula is C11H8ClFN2O4S2. The number of halogens is 2. The Morgan fingerprint density at radius 2 is 2.19 bits per heavy atom. The van der Waals surface area contributed by atoms with Crippen molar-refractivity contribution in [2.24, 2.45) is 0 Å². The van der Waals surface area contributed by atoms with Crippen molar-refractivity contribution >= 4 is 38.9 Å². The maximum Gasteiger partial charge on any atom is 0.338 e. The number of hydrogen-bond acceptors (Lipinski definition) is 5. The smallest absolute Gasteiger partial charge is 0.338 e. The van der Waals surface area contributed by atoms with Gasteiger partial charge in [-0.05, 0) is 12.1 Å². The Bertz CT molecular complexity index is 778. The first-order valence-electron chi connectivity index (χ1n) is 5.40. The minimum atomic E-state index is -4.24. The molecule has 0 spiro atoms. The number of aromatic nitrogens is 1. The maximum absolute atomic E-state index is 14.0. The number of thiazole rings is 1. The normalized spacial score (nSPS) is 11.5. The standard InChI is InChI=1S/C11H8ClFN2O4S2/c12-6-1-8(11(16)17)10(13)9(2-6)21(18,19)15-4-7-3-14-5-20-7/h1-3,5,15H,4H2,(H,16,17). The number of aromatic carboxylic acids is 1. The van der Waals surface area contributed by atoms with Gasteiger partial charge in [-0.2, -0.15) is 0 Å². The molecule has 2 rings (SSSR count). The first-order valence-corrected chi connectivity index (χ1v) is 8.14. The lowest BCUT2D eigenvalue weighted by Crippen LogP contribution is -2.24. The molecule has 0 aliphatic heterocycles. The van der Waals surface area contributed by atoms with Crippen molar-refractivity contribution in [3.63, 3.8) is 0 Å². The summed E-state index contributed by atoms with van der Waals surface area (Å²) in [6, 6.07) is 1.71. The molecule has 2 aromatic rings. The summed E-state index contributed by atoms with van der Waals surface area (Å²) in [5.41, 5.74) is 0.715. The van der Waals surface area contributed by atoms with Gasteiger partial charge in [0.2, 0.25) is 10.0 Å². The van der Waals surface area contributed by atoms with Crippen molar-refractivity contribution in [1.82, 2.24) is 9.71 Å². The molecule has 10 heteroatoms. The van der Waals surface area contributed by atoms with Crippen molar-refractivity contribution in [2.45, 2.75) is 11.4 Å². The third-order valence-corrected chi connectivity index (χ3v) is 4.84. The number of carbonyl (C=O) groups is 1. The van der Waals surface area contributed by atoms with Crippen LogP contribution in [0.1, 0.15) is 15.2 Å². The molecule has 1 aromatic carbocycles. The highest BCUT2D eigenvalue weighted by molar-refractivity contribution is 7.89. The third kappa shape index (κ3) is 3.56. The van der Waals surface area contributed by atoms with E-state index in [1.54, 1.807) is 0 Å². The van der Waals surface area contributed by atoms with E-state index in [-0.39, 0.29) is 11.6 Å². The number of hydrogen-bond donors (Lipinski definition) is 2. The van der Waals surface area contributed by atoms with Gasteiger partial charge in [-0.25, -0.2) is 22.3 Å². The maximum atomic E-state index is 14.0. The average molecular weight is 351 g/mol. The Morgan fingerprint density at radius 1 is 1.48 bits per heavy atom. The molecule has 0 saturated heterocycles. The molecule has 0 saturated carbocycles. The monoisotopic (exact) mass is 350 g/mol.